The van der Waals surface area contributed by atoms with Gasteiger partial charge in [-0.25, -0.2) is 4.98 Å². The summed E-state index contributed by atoms with van der Waals surface area (Å²) < 4.78 is 81.8. The Bertz CT molecular complexity index is 1190. The Morgan fingerprint density at radius 3 is 2.46 bits per heavy atom. The van der Waals surface area contributed by atoms with Crippen LogP contribution in [-0.4, -0.2) is 29.5 Å². The Balaban J connectivity index is 1.87. The monoisotopic (exact) mass is 496 g/mol. The summed E-state index contributed by atoms with van der Waals surface area (Å²) in [6, 6.07) is 6.86. The van der Waals surface area contributed by atoms with Crippen LogP contribution < -0.4 is 9.80 Å². The van der Waals surface area contributed by atoms with E-state index in [0.717, 1.165) is 5.56 Å². The van der Waals surface area contributed by atoms with Crippen molar-refractivity contribution in [1.82, 2.24) is 4.98 Å². The van der Waals surface area contributed by atoms with Crippen LogP contribution >= 0.6 is 0 Å². The molecule has 1 aliphatic heterocycles. The fraction of sp³-hybridized carbons (Fsp3) is 0.458. The molecule has 0 radical (unpaired) electrons. The van der Waals surface area contributed by atoms with Crippen LogP contribution in [0.4, 0.5) is 37.8 Å². The number of aromatic nitrogens is 1. The van der Waals surface area contributed by atoms with Crippen LogP contribution in [0.2, 0.25) is 0 Å². The van der Waals surface area contributed by atoms with Gasteiger partial charge in [0, 0.05) is 18.3 Å². The quantitative estimate of drug-likeness (QED) is 0.509. The standard InChI is InChI=1S/C24H22F6N4O/c1-3-33(15-6-4-5-13(2)9-15)22(35)20-14-7-8-16(10-14)34(20)21-17(12-31)18(23(25,26)27)11-19(32-21)24(28,29)30/h4-6,9,11,14,16,20H,3,7-8,10H2,1-2H3/t14-,16+,20-/m0/s1. The Morgan fingerprint density at radius 1 is 1.17 bits per heavy atom. The topological polar surface area (TPSA) is 60.2 Å². The number of hydrogen-bond acceptors (Lipinski definition) is 4. The molecule has 4 rings (SSSR count). The summed E-state index contributed by atoms with van der Waals surface area (Å²) in [5.74, 6) is -1.45. The second-order valence-corrected chi connectivity index (χ2v) is 8.86. The van der Waals surface area contributed by atoms with E-state index in [1.807, 2.05) is 13.0 Å². The molecule has 2 heterocycles. The molecule has 1 aliphatic carbocycles. The lowest BCUT2D eigenvalue weighted by atomic mass is 9.96. The van der Waals surface area contributed by atoms with Crippen molar-refractivity contribution in [2.45, 2.75) is 57.5 Å². The zero-order valence-corrected chi connectivity index (χ0v) is 18.9. The number of benzene rings is 1. The molecule has 186 valence electrons. The van der Waals surface area contributed by atoms with Gasteiger partial charge < -0.3 is 9.80 Å². The van der Waals surface area contributed by atoms with Crippen LogP contribution in [0.25, 0.3) is 0 Å². The smallest absolute Gasteiger partial charge is 0.340 e. The van der Waals surface area contributed by atoms with Gasteiger partial charge in [0.25, 0.3) is 0 Å². The second kappa shape index (κ2) is 8.73. The minimum Gasteiger partial charge on any atom is -0.340 e. The molecule has 1 saturated carbocycles. The lowest BCUT2D eigenvalue weighted by Crippen LogP contribution is -2.53. The Hall–Kier alpha value is -3.29. The van der Waals surface area contributed by atoms with Gasteiger partial charge in [0.1, 0.15) is 29.2 Å². The summed E-state index contributed by atoms with van der Waals surface area (Å²) in [5, 5.41) is 9.58. The average molecular weight is 496 g/mol. The molecule has 1 amide bonds. The van der Waals surface area contributed by atoms with Gasteiger partial charge >= 0.3 is 12.4 Å². The predicted octanol–water partition coefficient (Wildman–Crippen LogP) is 5.71. The van der Waals surface area contributed by atoms with Crippen LogP contribution in [0.3, 0.4) is 0 Å². The number of alkyl halides is 6. The van der Waals surface area contributed by atoms with Crippen molar-refractivity contribution in [2.24, 2.45) is 5.92 Å². The van der Waals surface area contributed by atoms with Crippen LogP contribution in [0, 0.1) is 24.2 Å². The van der Waals surface area contributed by atoms with Gasteiger partial charge in [-0.1, -0.05) is 12.1 Å². The largest absolute Gasteiger partial charge is 0.433 e. The van der Waals surface area contributed by atoms with Crippen molar-refractivity contribution in [3.8, 4) is 6.07 Å². The number of nitriles is 1. The number of piperidine rings is 1. The molecule has 11 heteroatoms. The predicted molar refractivity (Wildman–Crippen MR) is 116 cm³/mol. The Kier molecular flexibility index (Phi) is 6.19. The molecule has 3 atom stereocenters. The maximum absolute atomic E-state index is 13.8. The van der Waals surface area contributed by atoms with E-state index in [0.29, 0.717) is 24.9 Å². The number of aryl methyl sites for hydroxylation is 1. The number of pyridine rings is 1. The van der Waals surface area contributed by atoms with E-state index >= 15 is 0 Å². The molecule has 2 fully saturated rings. The maximum Gasteiger partial charge on any atom is 0.433 e. The van der Waals surface area contributed by atoms with Crippen molar-refractivity contribution in [1.29, 1.82) is 5.26 Å². The normalized spacial score (nSPS) is 21.8. The minimum atomic E-state index is -5.21. The van der Waals surface area contributed by atoms with E-state index in [2.05, 4.69) is 4.98 Å². The van der Waals surface area contributed by atoms with E-state index in [-0.39, 0.29) is 18.5 Å². The van der Waals surface area contributed by atoms with Crippen molar-refractivity contribution < 1.29 is 31.1 Å². The lowest BCUT2D eigenvalue weighted by Gasteiger charge is -2.38. The number of carbonyl (C=O) groups is 1. The molecule has 5 nitrogen and oxygen atoms in total. The number of carbonyl (C=O) groups excluding carboxylic acids is 1. The molecule has 1 saturated heterocycles. The van der Waals surface area contributed by atoms with Crippen LogP contribution in [0.15, 0.2) is 30.3 Å². The third-order valence-corrected chi connectivity index (χ3v) is 6.69. The van der Waals surface area contributed by atoms with Gasteiger partial charge in [-0.05, 0) is 62.8 Å². The second-order valence-electron chi connectivity index (χ2n) is 8.86. The van der Waals surface area contributed by atoms with Crippen LogP contribution in [0.1, 0.15) is 48.6 Å². The first-order valence-corrected chi connectivity index (χ1v) is 11.1. The summed E-state index contributed by atoms with van der Waals surface area (Å²) in [6.07, 6.45) is -8.87. The number of rotatable bonds is 4. The van der Waals surface area contributed by atoms with E-state index in [1.165, 1.54) is 15.9 Å². The zero-order valence-electron chi connectivity index (χ0n) is 18.9. The SMILES string of the molecule is CCN(C(=O)[C@@H]1[C@H]2CC[C@H](C2)N1c1nc(C(F)(F)F)cc(C(F)(F)F)c1C#N)c1cccc(C)c1. The van der Waals surface area contributed by atoms with Crippen molar-refractivity contribution in [3.63, 3.8) is 0 Å². The van der Waals surface area contributed by atoms with E-state index in [1.54, 1.807) is 25.1 Å². The molecule has 2 aliphatic rings. The Morgan fingerprint density at radius 2 is 1.89 bits per heavy atom. The Labute approximate surface area is 198 Å². The number of likely N-dealkylation sites (N-methyl/N-ethyl adjacent to an activating group) is 1. The van der Waals surface area contributed by atoms with E-state index in [9.17, 15) is 36.4 Å². The molecule has 0 spiro atoms. The molecule has 0 unspecified atom stereocenters. The van der Waals surface area contributed by atoms with Gasteiger partial charge in [0.05, 0.1) is 5.56 Å². The van der Waals surface area contributed by atoms with Crippen molar-refractivity contribution >= 4 is 17.4 Å². The number of nitrogens with zero attached hydrogens (tertiary/aromatic N) is 4. The molecule has 0 N–H and O–H groups in total. The molecular weight excluding hydrogens is 474 g/mol. The zero-order chi connectivity index (χ0) is 25.7. The minimum absolute atomic E-state index is 0.141. The molecule has 1 aromatic carbocycles. The summed E-state index contributed by atoms with van der Waals surface area (Å²) in [5.41, 5.74) is -3.00. The average Bonchev–Trinajstić information content (AvgIpc) is 3.39. The molecule has 1 aromatic heterocycles. The van der Waals surface area contributed by atoms with E-state index < -0.39 is 53.0 Å². The molecule has 2 aromatic rings. The maximum atomic E-state index is 13.8. The van der Waals surface area contributed by atoms with Gasteiger partial charge in [0.15, 0.2) is 0 Å². The van der Waals surface area contributed by atoms with Crippen LogP contribution in [0.5, 0.6) is 0 Å². The summed E-state index contributed by atoms with van der Waals surface area (Å²) in [6.45, 7) is 3.83. The fourth-order valence-electron chi connectivity index (χ4n) is 5.23. The van der Waals surface area contributed by atoms with Gasteiger partial charge in [0.2, 0.25) is 5.91 Å². The van der Waals surface area contributed by atoms with Gasteiger partial charge in [-0.2, -0.15) is 31.6 Å². The number of fused-ring (bicyclic) bond motifs is 2. The lowest BCUT2D eigenvalue weighted by molar-refractivity contribution is -0.145. The van der Waals surface area contributed by atoms with Gasteiger partial charge in [-0.3, -0.25) is 4.79 Å². The third kappa shape index (κ3) is 4.42. The number of halogens is 6. The fourth-order valence-corrected chi connectivity index (χ4v) is 5.23. The highest BCUT2D eigenvalue weighted by atomic mass is 19.4. The molecule has 2 bridgehead atoms. The number of amides is 1. The van der Waals surface area contributed by atoms with Crippen molar-refractivity contribution in [3.05, 3.63) is 52.7 Å². The number of hydrogen-bond donors (Lipinski definition) is 0. The van der Waals surface area contributed by atoms with Gasteiger partial charge in [-0.15, -0.1) is 0 Å². The van der Waals surface area contributed by atoms with Crippen molar-refractivity contribution in [2.75, 3.05) is 16.3 Å². The first-order valence-electron chi connectivity index (χ1n) is 11.1. The first-order chi connectivity index (χ1) is 16.4. The summed E-state index contributed by atoms with van der Waals surface area (Å²) in [7, 11) is 0. The highest BCUT2D eigenvalue weighted by molar-refractivity contribution is 6.00. The molecule has 35 heavy (non-hydrogen) atoms. The highest BCUT2D eigenvalue weighted by Crippen LogP contribution is 2.48. The summed E-state index contributed by atoms with van der Waals surface area (Å²) in [4.78, 5) is 20.0. The number of anilines is 2. The first kappa shape index (κ1) is 24.8. The highest BCUT2D eigenvalue weighted by Gasteiger charge is 2.53. The molecular formula is C24H22F6N4O. The summed E-state index contributed by atoms with van der Waals surface area (Å²) >= 11 is 0. The third-order valence-electron chi connectivity index (χ3n) is 6.69. The van der Waals surface area contributed by atoms with E-state index in [4.69, 9.17) is 0 Å². The van der Waals surface area contributed by atoms with Crippen LogP contribution in [-0.2, 0) is 17.1 Å².